The molecule has 0 atom stereocenters. The molecule has 0 radical (unpaired) electrons. The van der Waals surface area contributed by atoms with E-state index in [0.717, 1.165) is 31.0 Å². The third-order valence-electron chi connectivity index (χ3n) is 3.53. The summed E-state index contributed by atoms with van der Waals surface area (Å²) in [6.45, 7) is 3.96. The van der Waals surface area contributed by atoms with Gasteiger partial charge < -0.3 is 14.6 Å². The van der Waals surface area contributed by atoms with Gasteiger partial charge in [-0.05, 0) is 37.5 Å². The summed E-state index contributed by atoms with van der Waals surface area (Å²) < 4.78 is 5.48. The SMILES string of the molecule is CCCNc1cncc(N(Cc2ccco2)C2CC2)c1. The van der Waals surface area contributed by atoms with Crippen molar-refractivity contribution in [3.05, 3.63) is 42.6 Å². The molecule has 0 amide bonds. The number of nitrogens with one attached hydrogen (secondary N) is 1. The number of hydrogen-bond acceptors (Lipinski definition) is 4. The van der Waals surface area contributed by atoms with Gasteiger partial charge in [-0.3, -0.25) is 4.98 Å². The van der Waals surface area contributed by atoms with Crippen molar-refractivity contribution in [1.82, 2.24) is 4.98 Å². The highest BCUT2D eigenvalue weighted by Gasteiger charge is 2.30. The van der Waals surface area contributed by atoms with Gasteiger partial charge in [-0.15, -0.1) is 0 Å². The number of aromatic nitrogens is 1. The molecule has 3 rings (SSSR count). The number of pyridine rings is 1. The molecule has 106 valence electrons. The largest absolute Gasteiger partial charge is 0.467 e. The van der Waals surface area contributed by atoms with Gasteiger partial charge in [0.15, 0.2) is 0 Å². The Labute approximate surface area is 119 Å². The highest BCUT2D eigenvalue weighted by molar-refractivity contribution is 5.56. The molecular formula is C16H21N3O. The van der Waals surface area contributed by atoms with E-state index in [-0.39, 0.29) is 0 Å². The molecule has 4 nitrogen and oxygen atoms in total. The minimum atomic E-state index is 0.628. The minimum Gasteiger partial charge on any atom is -0.467 e. The molecule has 2 aromatic heterocycles. The molecule has 0 aromatic carbocycles. The molecule has 0 aliphatic heterocycles. The van der Waals surface area contributed by atoms with Crippen molar-refractivity contribution >= 4 is 11.4 Å². The highest BCUT2D eigenvalue weighted by atomic mass is 16.3. The van der Waals surface area contributed by atoms with Gasteiger partial charge in [-0.25, -0.2) is 0 Å². The normalized spacial score (nSPS) is 14.2. The number of nitrogens with zero attached hydrogens (tertiary/aromatic N) is 2. The topological polar surface area (TPSA) is 41.3 Å². The second kappa shape index (κ2) is 5.99. The zero-order valence-corrected chi connectivity index (χ0v) is 11.9. The smallest absolute Gasteiger partial charge is 0.123 e. The van der Waals surface area contributed by atoms with Crippen LogP contribution in [0.5, 0.6) is 0 Å². The van der Waals surface area contributed by atoms with E-state index in [1.54, 1.807) is 6.26 Å². The molecule has 0 spiro atoms. The molecule has 0 bridgehead atoms. The van der Waals surface area contributed by atoms with E-state index in [4.69, 9.17) is 4.42 Å². The lowest BCUT2D eigenvalue weighted by Crippen LogP contribution is -2.25. The maximum absolute atomic E-state index is 5.48. The Bertz CT molecular complexity index is 534. The Morgan fingerprint density at radius 3 is 3.00 bits per heavy atom. The first-order valence-electron chi connectivity index (χ1n) is 7.35. The van der Waals surface area contributed by atoms with Gasteiger partial charge in [0.05, 0.1) is 36.6 Å². The van der Waals surface area contributed by atoms with E-state index in [2.05, 4.69) is 28.2 Å². The summed E-state index contributed by atoms with van der Waals surface area (Å²) in [5.41, 5.74) is 2.26. The fourth-order valence-corrected chi connectivity index (χ4v) is 2.34. The predicted octanol–water partition coefficient (Wildman–Crippen LogP) is 3.67. The number of rotatable bonds is 7. The average Bonchev–Trinajstić information content (AvgIpc) is 3.19. The van der Waals surface area contributed by atoms with E-state index in [1.165, 1.54) is 18.5 Å². The highest BCUT2D eigenvalue weighted by Crippen LogP contribution is 2.33. The van der Waals surface area contributed by atoms with Gasteiger partial charge in [0.1, 0.15) is 5.76 Å². The Morgan fingerprint density at radius 1 is 1.40 bits per heavy atom. The van der Waals surface area contributed by atoms with E-state index in [9.17, 15) is 0 Å². The Hall–Kier alpha value is -1.97. The zero-order chi connectivity index (χ0) is 13.8. The quantitative estimate of drug-likeness (QED) is 0.834. The van der Waals surface area contributed by atoms with Gasteiger partial charge in [0.25, 0.3) is 0 Å². The van der Waals surface area contributed by atoms with Gasteiger partial charge in [0, 0.05) is 12.6 Å². The molecule has 1 saturated carbocycles. The molecule has 2 aromatic rings. The van der Waals surface area contributed by atoms with Crippen LogP contribution in [-0.2, 0) is 6.54 Å². The third kappa shape index (κ3) is 3.13. The first kappa shape index (κ1) is 13.0. The summed E-state index contributed by atoms with van der Waals surface area (Å²) in [5.74, 6) is 1.00. The van der Waals surface area contributed by atoms with Crippen LogP contribution in [0.3, 0.4) is 0 Å². The van der Waals surface area contributed by atoms with Crippen LogP contribution in [0, 0.1) is 0 Å². The van der Waals surface area contributed by atoms with Crippen molar-refractivity contribution in [3.63, 3.8) is 0 Å². The van der Waals surface area contributed by atoms with Crippen molar-refractivity contribution in [2.24, 2.45) is 0 Å². The van der Waals surface area contributed by atoms with E-state index >= 15 is 0 Å². The molecular weight excluding hydrogens is 250 g/mol. The van der Waals surface area contributed by atoms with Crippen molar-refractivity contribution in [1.29, 1.82) is 0 Å². The number of anilines is 2. The lowest BCUT2D eigenvalue weighted by Gasteiger charge is -2.23. The Morgan fingerprint density at radius 2 is 2.30 bits per heavy atom. The van der Waals surface area contributed by atoms with Crippen LogP contribution in [0.1, 0.15) is 31.9 Å². The molecule has 1 aliphatic rings. The predicted molar refractivity (Wildman–Crippen MR) is 80.9 cm³/mol. The van der Waals surface area contributed by atoms with E-state index < -0.39 is 0 Å². The zero-order valence-electron chi connectivity index (χ0n) is 11.9. The van der Waals surface area contributed by atoms with Crippen molar-refractivity contribution in [3.8, 4) is 0 Å². The molecule has 4 heteroatoms. The van der Waals surface area contributed by atoms with Crippen molar-refractivity contribution in [2.75, 3.05) is 16.8 Å². The molecule has 1 fully saturated rings. The van der Waals surface area contributed by atoms with Crippen LogP contribution < -0.4 is 10.2 Å². The molecule has 2 heterocycles. The Kier molecular flexibility index (Phi) is 3.90. The summed E-state index contributed by atoms with van der Waals surface area (Å²) in [6, 6.07) is 6.78. The molecule has 0 unspecified atom stereocenters. The summed E-state index contributed by atoms with van der Waals surface area (Å²) in [4.78, 5) is 6.75. The van der Waals surface area contributed by atoms with Crippen molar-refractivity contribution < 1.29 is 4.42 Å². The second-order valence-corrected chi connectivity index (χ2v) is 5.30. The fraction of sp³-hybridized carbons (Fsp3) is 0.438. The first-order chi connectivity index (χ1) is 9.86. The van der Waals surface area contributed by atoms with Gasteiger partial charge in [0.2, 0.25) is 0 Å². The van der Waals surface area contributed by atoms with Crippen LogP contribution in [-0.4, -0.2) is 17.6 Å². The number of furan rings is 1. The van der Waals surface area contributed by atoms with Gasteiger partial charge in [-0.2, -0.15) is 0 Å². The van der Waals surface area contributed by atoms with Crippen LogP contribution in [0.15, 0.2) is 41.3 Å². The second-order valence-electron chi connectivity index (χ2n) is 5.30. The summed E-state index contributed by atoms with van der Waals surface area (Å²) in [7, 11) is 0. The van der Waals surface area contributed by atoms with Crippen LogP contribution in [0.25, 0.3) is 0 Å². The summed E-state index contributed by atoms with van der Waals surface area (Å²) in [5, 5.41) is 3.40. The lowest BCUT2D eigenvalue weighted by molar-refractivity contribution is 0.501. The lowest BCUT2D eigenvalue weighted by atomic mass is 10.3. The number of hydrogen-bond donors (Lipinski definition) is 1. The Balaban J connectivity index is 1.76. The first-order valence-corrected chi connectivity index (χ1v) is 7.35. The summed E-state index contributed by atoms with van der Waals surface area (Å²) >= 11 is 0. The van der Waals surface area contributed by atoms with Crippen LogP contribution in [0.4, 0.5) is 11.4 Å². The molecule has 20 heavy (non-hydrogen) atoms. The van der Waals surface area contributed by atoms with E-state index in [0.29, 0.717) is 6.04 Å². The fourth-order valence-electron chi connectivity index (χ4n) is 2.34. The van der Waals surface area contributed by atoms with Crippen LogP contribution in [0.2, 0.25) is 0 Å². The maximum atomic E-state index is 5.48. The minimum absolute atomic E-state index is 0.628. The average molecular weight is 271 g/mol. The maximum Gasteiger partial charge on any atom is 0.123 e. The molecule has 1 aliphatic carbocycles. The standard InChI is InChI=1S/C16H21N3O/c1-2-7-18-13-9-15(11-17-10-13)19(14-5-6-14)12-16-4-3-8-20-16/h3-4,8-11,14,18H,2,5-7,12H2,1H3. The monoisotopic (exact) mass is 271 g/mol. The van der Waals surface area contributed by atoms with E-state index in [1.807, 2.05) is 24.5 Å². The van der Waals surface area contributed by atoms with Gasteiger partial charge in [-0.1, -0.05) is 6.92 Å². The summed E-state index contributed by atoms with van der Waals surface area (Å²) in [6.07, 6.45) is 9.19. The van der Waals surface area contributed by atoms with Crippen LogP contribution >= 0.6 is 0 Å². The van der Waals surface area contributed by atoms with Crippen molar-refractivity contribution in [2.45, 2.75) is 38.8 Å². The molecule has 1 N–H and O–H groups in total. The van der Waals surface area contributed by atoms with Gasteiger partial charge >= 0.3 is 0 Å². The third-order valence-corrected chi connectivity index (χ3v) is 3.53. The molecule has 0 saturated heterocycles.